The number of likely N-dealkylation sites (tertiary alicyclic amines) is 1. The van der Waals surface area contributed by atoms with Crippen molar-refractivity contribution < 1.29 is 4.79 Å². The minimum atomic E-state index is -0.139. The molecule has 1 aliphatic heterocycles. The Hall–Kier alpha value is -2.40. The molecule has 1 aromatic carbocycles. The number of pyridine rings is 1. The fourth-order valence-electron chi connectivity index (χ4n) is 3.37. The second-order valence-corrected chi connectivity index (χ2v) is 7.00. The first-order valence-corrected chi connectivity index (χ1v) is 8.74. The Balaban J connectivity index is 1.55. The Morgan fingerprint density at radius 2 is 1.96 bits per heavy atom. The molecule has 1 saturated heterocycles. The van der Waals surface area contributed by atoms with Crippen molar-refractivity contribution >= 4 is 5.91 Å². The van der Waals surface area contributed by atoms with Crippen LogP contribution in [0.4, 0.5) is 0 Å². The van der Waals surface area contributed by atoms with Gasteiger partial charge in [0.2, 0.25) is 5.91 Å². The van der Waals surface area contributed by atoms with Gasteiger partial charge in [0.05, 0.1) is 0 Å². The maximum absolute atomic E-state index is 12.3. The topological polar surface area (TPSA) is 54.3 Å². The largest absolute Gasteiger partial charge is 0.350 e. The average Bonchev–Trinajstić information content (AvgIpc) is 2.90. The molecule has 0 spiro atoms. The molecule has 132 valence electrons. The van der Waals surface area contributed by atoms with E-state index in [4.69, 9.17) is 0 Å². The Morgan fingerprint density at radius 1 is 1.20 bits per heavy atom. The number of nitrogens with one attached hydrogen (secondary N) is 1. The molecule has 5 nitrogen and oxygen atoms in total. The summed E-state index contributed by atoms with van der Waals surface area (Å²) in [5, 5.41) is 3.09. The lowest BCUT2D eigenvalue weighted by Gasteiger charge is -2.18. The summed E-state index contributed by atoms with van der Waals surface area (Å²) >= 11 is 0. The SMILES string of the molecule is Cc1ccn(CC(=O)N[C@H]2CN(Cc3ccccc3)C[C@H]2C)c(=O)c1. The molecule has 2 atom stereocenters. The minimum Gasteiger partial charge on any atom is -0.350 e. The Kier molecular flexibility index (Phi) is 5.34. The lowest BCUT2D eigenvalue weighted by atomic mass is 10.1. The molecule has 2 aromatic rings. The van der Waals surface area contributed by atoms with Gasteiger partial charge in [0.25, 0.3) is 5.56 Å². The zero-order valence-electron chi connectivity index (χ0n) is 14.8. The van der Waals surface area contributed by atoms with Crippen LogP contribution in [-0.2, 0) is 17.9 Å². The van der Waals surface area contributed by atoms with E-state index in [-0.39, 0.29) is 24.1 Å². The molecule has 1 aliphatic rings. The van der Waals surface area contributed by atoms with Gasteiger partial charge in [0.1, 0.15) is 6.54 Å². The fraction of sp³-hybridized carbons (Fsp3) is 0.400. The lowest BCUT2D eigenvalue weighted by Crippen LogP contribution is -2.42. The first-order valence-electron chi connectivity index (χ1n) is 8.74. The third-order valence-corrected chi connectivity index (χ3v) is 4.75. The molecule has 1 aromatic heterocycles. The van der Waals surface area contributed by atoms with Crippen LogP contribution in [0.15, 0.2) is 53.5 Å². The summed E-state index contributed by atoms with van der Waals surface area (Å²) in [5.74, 6) is 0.284. The van der Waals surface area contributed by atoms with Crippen molar-refractivity contribution in [1.29, 1.82) is 0 Å². The molecule has 0 unspecified atom stereocenters. The second-order valence-electron chi connectivity index (χ2n) is 7.00. The number of benzene rings is 1. The quantitative estimate of drug-likeness (QED) is 0.904. The molecule has 0 saturated carbocycles. The van der Waals surface area contributed by atoms with E-state index in [1.807, 2.05) is 31.2 Å². The first-order chi connectivity index (χ1) is 12.0. The number of hydrogen-bond donors (Lipinski definition) is 1. The molecule has 0 aliphatic carbocycles. The molecule has 25 heavy (non-hydrogen) atoms. The molecule has 5 heteroatoms. The van der Waals surface area contributed by atoms with E-state index in [0.717, 1.165) is 25.2 Å². The summed E-state index contributed by atoms with van der Waals surface area (Å²) in [6.45, 7) is 6.80. The van der Waals surface area contributed by atoms with Crippen LogP contribution in [0, 0.1) is 12.8 Å². The maximum atomic E-state index is 12.3. The molecule has 0 bridgehead atoms. The van der Waals surface area contributed by atoms with Gasteiger partial charge in [-0.15, -0.1) is 0 Å². The van der Waals surface area contributed by atoms with Crippen molar-refractivity contribution in [2.45, 2.75) is 33.0 Å². The summed E-state index contributed by atoms with van der Waals surface area (Å²) < 4.78 is 1.45. The van der Waals surface area contributed by atoms with Gasteiger partial charge < -0.3 is 9.88 Å². The summed E-state index contributed by atoms with van der Waals surface area (Å²) in [6, 6.07) is 13.9. The van der Waals surface area contributed by atoms with Crippen molar-refractivity contribution in [3.63, 3.8) is 0 Å². The van der Waals surface area contributed by atoms with Gasteiger partial charge in [0.15, 0.2) is 0 Å². The van der Waals surface area contributed by atoms with Gasteiger partial charge in [-0.2, -0.15) is 0 Å². The number of rotatable bonds is 5. The normalized spacial score (nSPS) is 20.6. The van der Waals surface area contributed by atoms with E-state index in [9.17, 15) is 9.59 Å². The predicted octanol–water partition coefficient (Wildman–Crippen LogP) is 1.79. The van der Waals surface area contributed by atoms with Gasteiger partial charge in [-0.3, -0.25) is 14.5 Å². The summed E-state index contributed by atoms with van der Waals surface area (Å²) in [4.78, 5) is 26.6. The fourth-order valence-corrected chi connectivity index (χ4v) is 3.37. The van der Waals surface area contributed by atoms with Crippen LogP contribution in [0.5, 0.6) is 0 Å². The summed E-state index contributed by atoms with van der Waals surface area (Å²) in [7, 11) is 0. The number of amides is 1. The number of aryl methyl sites for hydroxylation is 1. The minimum absolute atomic E-state index is 0.0705. The third kappa shape index (κ3) is 4.57. The van der Waals surface area contributed by atoms with Gasteiger partial charge in [0, 0.05) is 37.9 Å². The number of carbonyl (C=O) groups excluding carboxylic acids is 1. The molecular weight excluding hydrogens is 314 g/mol. The van der Waals surface area contributed by atoms with E-state index in [1.54, 1.807) is 12.3 Å². The number of hydrogen-bond acceptors (Lipinski definition) is 3. The molecule has 2 heterocycles. The summed E-state index contributed by atoms with van der Waals surface area (Å²) in [5.41, 5.74) is 2.05. The highest BCUT2D eigenvalue weighted by Gasteiger charge is 2.30. The van der Waals surface area contributed by atoms with Gasteiger partial charge in [-0.25, -0.2) is 0 Å². The van der Waals surface area contributed by atoms with Crippen LogP contribution >= 0.6 is 0 Å². The van der Waals surface area contributed by atoms with Crippen molar-refractivity contribution in [2.24, 2.45) is 5.92 Å². The molecule has 0 radical (unpaired) electrons. The van der Waals surface area contributed by atoms with Crippen LogP contribution in [0.1, 0.15) is 18.1 Å². The molecule has 1 N–H and O–H groups in total. The molecule has 1 fully saturated rings. The van der Waals surface area contributed by atoms with Crippen molar-refractivity contribution in [3.05, 3.63) is 70.1 Å². The lowest BCUT2D eigenvalue weighted by molar-refractivity contribution is -0.122. The van der Waals surface area contributed by atoms with E-state index >= 15 is 0 Å². The van der Waals surface area contributed by atoms with Crippen molar-refractivity contribution in [2.75, 3.05) is 13.1 Å². The van der Waals surface area contributed by atoms with E-state index in [1.165, 1.54) is 10.1 Å². The van der Waals surface area contributed by atoms with E-state index in [0.29, 0.717) is 5.92 Å². The van der Waals surface area contributed by atoms with Gasteiger partial charge in [-0.05, 0) is 30.0 Å². The van der Waals surface area contributed by atoms with Crippen molar-refractivity contribution in [3.8, 4) is 0 Å². The number of carbonyl (C=O) groups is 1. The highest BCUT2D eigenvalue weighted by molar-refractivity contribution is 5.76. The van der Waals surface area contributed by atoms with Crippen molar-refractivity contribution in [1.82, 2.24) is 14.8 Å². The highest BCUT2D eigenvalue weighted by Crippen LogP contribution is 2.18. The maximum Gasteiger partial charge on any atom is 0.251 e. The van der Waals surface area contributed by atoms with E-state index < -0.39 is 0 Å². The number of nitrogens with zero attached hydrogens (tertiary/aromatic N) is 2. The standard InChI is InChI=1S/C20H25N3O2/c1-15-8-9-23(20(25)10-15)14-19(24)21-18-13-22(11-16(18)2)12-17-6-4-3-5-7-17/h3-10,16,18H,11-14H2,1-2H3,(H,21,24)/t16-,18+/m1/s1. The van der Waals surface area contributed by atoms with Gasteiger partial charge in [-0.1, -0.05) is 37.3 Å². The number of aromatic nitrogens is 1. The third-order valence-electron chi connectivity index (χ3n) is 4.75. The Bertz CT molecular complexity index is 785. The Labute approximate surface area is 148 Å². The smallest absolute Gasteiger partial charge is 0.251 e. The van der Waals surface area contributed by atoms with Crippen LogP contribution in [0.2, 0.25) is 0 Å². The molecular formula is C20H25N3O2. The molecule has 3 rings (SSSR count). The average molecular weight is 339 g/mol. The Morgan fingerprint density at radius 3 is 2.68 bits per heavy atom. The van der Waals surface area contributed by atoms with Crippen LogP contribution in [0.25, 0.3) is 0 Å². The van der Waals surface area contributed by atoms with E-state index in [2.05, 4.69) is 29.3 Å². The van der Waals surface area contributed by atoms with Gasteiger partial charge >= 0.3 is 0 Å². The zero-order valence-corrected chi connectivity index (χ0v) is 14.8. The first kappa shape index (κ1) is 17.4. The zero-order chi connectivity index (χ0) is 17.8. The monoisotopic (exact) mass is 339 g/mol. The predicted molar refractivity (Wildman–Crippen MR) is 98.3 cm³/mol. The second kappa shape index (κ2) is 7.66. The van der Waals surface area contributed by atoms with Crippen LogP contribution in [-0.4, -0.2) is 34.5 Å². The summed E-state index contributed by atoms with van der Waals surface area (Å²) in [6.07, 6.45) is 1.68. The van der Waals surface area contributed by atoms with Crippen LogP contribution in [0.3, 0.4) is 0 Å². The molecule has 1 amide bonds. The van der Waals surface area contributed by atoms with Crippen LogP contribution < -0.4 is 10.9 Å². The highest BCUT2D eigenvalue weighted by atomic mass is 16.2.